The highest BCUT2D eigenvalue weighted by molar-refractivity contribution is 7.89. The Morgan fingerprint density at radius 2 is 1.67 bits per heavy atom. The molecule has 4 heterocycles. The fraction of sp³-hybridized carbons (Fsp3) is 0.487. The summed E-state index contributed by atoms with van der Waals surface area (Å²) >= 11 is 13.2. The Morgan fingerprint density at radius 3 is 2.33 bits per heavy atom. The van der Waals surface area contributed by atoms with Gasteiger partial charge in [0.2, 0.25) is 10.0 Å². The first-order valence-electron chi connectivity index (χ1n) is 17.9. The van der Waals surface area contributed by atoms with Crippen molar-refractivity contribution in [2.45, 2.75) is 107 Å². The fourth-order valence-corrected chi connectivity index (χ4v) is 11.3. The number of rotatable bonds is 8. The van der Waals surface area contributed by atoms with E-state index in [-0.39, 0.29) is 31.7 Å². The summed E-state index contributed by atoms with van der Waals surface area (Å²) in [5.74, 6) is 0.389. The van der Waals surface area contributed by atoms with Crippen LogP contribution < -0.4 is 4.72 Å². The van der Waals surface area contributed by atoms with Crippen molar-refractivity contribution >= 4 is 50.2 Å². The molecule has 272 valence electrons. The van der Waals surface area contributed by atoms with Gasteiger partial charge in [-0.25, -0.2) is 22.5 Å². The molecule has 2 bridgehead atoms. The maximum atomic E-state index is 14.7. The van der Waals surface area contributed by atoms with Crippen LogP contribution >= 0.6 is 23.2 Å². The lowest BCUT2D eigenvalue weighted by molar-refractivity contribution is 0.0606. The summed E-state index contributed by atoms with van der Waals surface area (Å²) in [4.78, 5) is 23.1. The van der Waals surface area contributed by atoms with Crippen molar-refractivity contribution in [3.05, 3.63) is 93.5 Å². The summed E-state index contributed by atoms with van der Waals surface area (Å²) in [5.41, 5.74) is 2.11. The second-order valence-electron chi connectivity index (χ2n) is 15.7. The number of carbonyl (C=O) groups is 1. The topological polar surface area (TPSA) is 87.5 Å². The molecule has 0 aliphatic carbocycles. The number of nitrogens with one attached hydrogen (secondary N) is 1. The molecule has 3 aliphatic heterocycles. The van der Waals surface area contributed by atoms with Gasteiger partial charge in [0.05, 0.1) is 26.6 Å². The molecule has 1 amide bonds. The number of piperidine rings is 2. The van der Waals surface area contributed by atoms with Crippen molar-refractivity contribution < 1.29 is 17.6 Å². The molecule has 3 saturated heterocycles. The van der Waals surface area contributed by atoms with Gasteiger partial charge in [-0.2, -0.15) is 0 Å². The van der Waals surface area contributed by atoms with E-state index in [0.29, 0.717) is 44.1 Å². The highest BCUT2D eigenvalue weighted by Crippen LogP contribution is 2.45. The molecule has 0 saturated carbocycles. The van der Waals surface area contributed by atoms with Crippen molar-refractivity contribution in [1.29, 1.82) is 0 Å². The number of carbonyl (C=O) groups excluding carboxylic acids is 1. The number of benzene rings is 3. The summed E-state index contributed by atoms with van der Waals surface area (Å²) in [6.07, 6.45) is 6.60. The van der Waals surface area contributed by atoms with Crippen LogP contribution in [0.4, 0.5) is 4.39 Å². The minimum Gasteiger partial charge on any atom is -0.338 e. The van der Waals surface area contributed by atoms with Crippen LogP contribution in [0, 0.1) is 12.7 Å². The standard InChI is InChI=1S/C39H46Cl2FN5O3S/c1-25-43-32-10-5-6-11-33(32)47(25)30-23-28-12-13-29(24-30)46(28)21-18-39(26-8-7-9-27(42)22-26)16-19-45(20-17-39)37(48)35-31(40)14-15-34(36(35)41)51(49,50)44-38(2,3)4/h5-11,14-15,22,28-30,44H,12-13,16-21,23-24H2,1-4H3/t28-,29+,30?. The van der Waals surface area contributed by atoms with E-state index in [4.69, 9.17) is 28.2 Å². The molecule has 3 fully saturated rings. The smallest absolute Gasteiger partial charge is 0.256 e. The average molecular weight is 755 g/mol. The Bertz CT molecular complexity index is 2060. The van der Waals surface area contributed by atoms with Crippen LogP contribution in [-0.2, 0) is 15.4 Å². The second kappa shape index (κ2) is 13.8. The SMILES string of the molecule is Cc1nc2ccccc2n1C1C[C@H]2CC[C@@H](C1)N2CCC1(c2cccc(F)c2)CCN(C(=O)c2c(Cl)ccc(S(=O)(=O)NC(C)(C)C)c2Cl)CC1. The van der Waals surface area contributed by atoms with E-state index in [1.807, 2.05) is 12.1 Å². The van der Waals surface area contributed by atoms with Crippen LogP contribution in [0.5, 0.6) is 0 Å². The maximum absolute atomic E-state index is 14.7. The predicted molar refractivity (Wildman–Crippen MR) is 201 cm³/mol. The quantitative estimate of drug-likeness (QED) is 0.196. The zero-order chi connectivity index (χ0) is 36.3. The van der Waals surface area contributed by atoms with E-state index in [2.05, 4.69) is 39.3 Å². The Hall–Kier alpha value is -3.02. The lowest BCUT2D eigenvalue weighted by Gasteiger charge is -2.45. The number of hydrogen-bond donors (Lipinski definition) is 1. The summed E-state index contributed by atoms with van der Waals surface area (Å²) < 4.78 is 46.2. The molecular formula is C39H46Cl2FN5O3S. The number of likely N-dealkylation sites (tertiary alicyclic amines) is 1. The third-order valence-electron chi connectivity index (χ3n) is 11.3. The van der Waals surface area contributed by atoms with E-state index < -0.39 is 21.5 Å². The Kier molecular flexibility index (Phi) is 9.80. The van der Waals surface area contributed by atoms with Crippen molar-refractivity contribution in [2.24, 2.45) is 0 Å². The van der Waals surface area contributed by atoms with Crippen LogP contribution in [0.25, 0.3) is 11.0 Å². The van der Waals surface area contributed by atoms with Gasteiger partial charge < -0.3 is 9.47 Å². The molecule has 0 spiro atoms. The average Bonchev–Trinajstić information content (AvgIpc) is 3.52. The first kappa shape index (κ1) is 36.3. The molecule has 3 aromatic carbocycles. The van der Waals surface area contributed by atoms with Gasteiger partial charge >= 0.3 is 0 Å². The van der Waals surface area contributed by atoms with Gasteiger partial charge in [-0.15, -0.1) is 0 Å². The molecule has 1 aromatic heterocycles. The Balaban J connectivity index is 1.09. The molecule has 4 aromatic rings. The Labute approximate surface area is 310 Å². The number of fused-ring (bicyclic) bond motifs is 3. The van der Waals surface area contributed by atoms with Gasteiger partial charge in [0.15, 0.2) is 0 Å². The maximum Gasteiger partial charge on any atom is 0.256 e. The number of aromatic nitrogens is 2. The van der Waals surface area contributed by atoms with E-state index >= 15 is 0 Å². The number of para-hydroxylation sites is 2. The van der Waals surface area contributed by atoms with Gasteiger partial charge in [0.1, 0.15) is 16.5 Å². The van der Waals surface area contributed by atoms with E-state index in [1.165, 1.54) is 36.6 Å². The van der Waals surface area contributed by atoms with Crippen molar-refractivity contribution in [3.8, 4) is 0 Å². The van der Waals surface area contributed by atoms with Crippen molar-refractivity contribution in [1.82, 2.24) is 24.1 Å². The van der Waals surface area contributed by atoms with Crippen LogP contribution in [0.3, 0.4) is 0 Å². The first-order valence-corrected chi connectivity index (χ1v) is 20.2. The minimum atomic E-state index is -4.02. The van der Waals surface area contributed by atoms with Crippen LogP contribution in [0.1, 0.15) is 93.5 Å². The van der Waals surface area contributed by atoms with Gasteiger partial charge in [-0.3, -0.25) is 9.69 Å². The number of halogens is 3. The molecule has 3 aliphatic rings. The van der Waals surface area contributed by atoms with Gasteiger partial charge in [0.25, 0.3) is 5.91 Å². The molecule has 3 atom stereocenters. The summed E-state index contributed by atoms with van der Waals surface area (Å²) in [6, 6.07) is 19.4. The highest BCUT2D eigenvalue weighted by atomic mass is 35.5. The molecular weight excluding hydrogens is 708 g/mol. The number of imidazole rings is 1. The first-order chi connectivity index (χ1) is 24.2. The van der Waals surface area contributed by atoms with E-state index in [0.717, 1.165) is 42.7 Å². The highest BCUT2D eigenvalue weighted by Gasteiger charge is 2.44. The van der Waals surface area contributed by atoms with E-state index in [9.17, 15) is 17.6 Å². The van der Waals surface area contributed by atoms with Gasteiger partial charge in [-0.05, 0) is 127 Å². The number of sulfonamides is 1. The molecule has 7 rings (SSSR count). The van der Waals surface area contributed by atoms with Gasteiger partial charge in [-0.1, -0.05) is 47.5 Å². The number of hydrogen-bond acceptors (Lipinski definition) is 5. The molecule has 1 N–H and O–H groups in total. The molecule has 8 nitrogen and oxygen atoms in total. The largest absolute Gasteiger partial charge is 0.338 e. The Morgan fingerprint density at radius 1 is 0.980 bits per heavy atom. The predicted octanol–water partition coefficient (Wildman–Crippen LogP) is 8.30. The molecule has 51 heavy (non-hydrogen) atoms. The summed E-state index contributed by atoms with van der Waals surface area (Å²) in [6.45, 7) is 9.01. The number of amides is 1. The zero-order valence-electron chi connectivity index (χ0n) is 29.6. The number of aryl methyl sites for hydroxylation is 1. The molecule has 1 unspecified atom stereocenters. The van der Waals surface area contributed by atoms with E-state index in [1.54, 1.807) is 37.8 Å². The number of nitrogens with zero attached hydrogens (tertiary/aromatic N) is 4. The molecule has 0 radical (unpaired) electrons. The van der Waals surface area contributed by atoms with Crippen LogP contribution in [-0.4, -0.2) is 70.9 Å². The summed E-state index contributed by atoms with van der Waals surface area (Å²) in [5, 5.41) is -0.0941. The second-order valence-corrected chi connectivity index (χ2v) is 18.1. The fourth-order valence-electron chi connectivity index (χ4n) is 8.98. The molecule has 12 heteroatoms. The lowest BCUT2D eigenvalue weighted by Crippen LogP contribution is -2.49. The normalized spacial score (nSPS) is 22.5. The van der Waals surface area contributed by atoms with Crippen LogP contribution in [0.2, 0.25) is 10.0 Å². The van der Waals surface area contributed by atoms with Gasteiger partial charge in [0, 0.05) is 36.8 Å². The third kappa shape index (κ3) is 7.07. The van der Waals surface area contributed by atoms with Crippen molar-refractivity contribution in [3.63, 3.8) is 0 Å². The lowest BCUT2D eigenvalue weighted by atomic mass is 9.70. The third-order valence-corrected chi connectivity index (χ3v) is 13.9. The monoisotopic (exact) mass is 753 g/mol. The summed E-state index contributed by atoms with van der Waals surface area (Å²) in [7, 11) is -4.02. The van der Waals surface area contributed by atoms with Crippen molar-refractivity contribution in [2.75, 3.05) is 19.6 Å². The minimum absolute atomic E-state index is 0.0197. The van der Waals surface area contributed by atoms with Crippen LogP contribution in [0.15, 0.2) is 65.6 Å². The zero-order valence-corrected chi connectivity index (χ0v) is 32.0.